The number of hydrogen-bond donors (Lipinski definition) is 3. The molecule has 2 heterocycles. The lowest BCUT2D eigenvalue weighted by atomic mass is 9.88. The van der Waals surface area contributed by atoms with Crippen LogP contribution in [0, 0.1) is 5.92 Å². The van der Waals surface area contributed by atoms with Gasteiger partial charge in [0.2, 0.25) is 0 Å². The molecule has 3 atom stereocenters. The number of hydrogen-bond acceptors (Lipinski definition) is 7. The van der Waals surface area contributed by atoms with Crippen molar-refractivity contribution in [3.05, 3.63) is 59.4 Å². The minimum atomic E-state index is -0.397. The first-order valence-corrected chi connectivity index (χ1v) is 12.3. The minimum Gasteiger partial charge on any atom is -0.493 e. The molecule has 0 spiro atoms. The third kappa shape index (κ3) is 8.31. The van der Waals surface area contributed by atoms with Crippen LogP contribution < -0.4 is 21.1 Å². The molecule has 0 bridgehead atoms. The Morgan fingerprint density at radius 1 is 1.15 bits per heavy atom. The first-order valence-electron chi connectivity index (χ1n) is 12.3. The molecule has 4 N–H and O–H groups in total. The Morgan fingerprint density at radius 3 is 2.53 bits per heavy atom. The summed E-state index contributed by atoms with van der Waals surface area (Å²) in [5, 5.41) is 6.73. The van der Waals surface area contributed by atoms with Crippen LogP contribution in [-0.2, 0) is 29.0 Å². The molecule has 0 aliphatic carbocycles. The fraction of sp³-hybridized carbons (Fsp3) is 0.519. The van der Waals surface area contributed by atoms with E-state index in [-0.39, 0.29) is 17.5 Å². The van der Waals surface area contributed by atoms with Gasteiger partial charge in [0.05, 0.1) is 18.3 Å². The fourth-order valence-electron chi connectivity index (χ4n) is 4.27. The van der Waals surface area contributed by atoms with Gasteiger partial charge in [0.15, 0.2) is 0 Å². The maximum absolute atomic E-state index is 12.1. The van der Waals surface area contributed by atoms with Gasteiger partial charge in [-0.3, -0.25) is 14.6 Å². The molecular weight excluding hydrogens is 428 g/mol. The average molecular weight is 467 g/mol. The van der Waals surface area contributed by atoms with Crippen LogP contribution in [0.5, 0.6) is 5.75 Å². The van der Waals surface area contributed by atoms with E-state index in [9.17, 15) is 9.59 Å². The second kappa shape index (κ2) is 13.3. The molecule has 3 rings (SSSR count). The largest absolute Gasteiger partial charge is 0.493 e. The van der Waals surface area contributed by atoms with Gasteiger partial charge in [-0.25, -0.2) is 0 Å². The zero-order chi connectivity index (χ0) is 24.3. The van der Waals surface area contributed by atoms with Crippen LogP contribution in [0.25, 0.3) is 0 Å². The molecule has 0 saturated carbocycles. The second-order valence-corrected chi connectivity index (χ2v) is 9.21. The summed E-state index contributed by atoms with van der Waals surface area (Å²) in [6.45, 7) is 6.13. The Morgan fingerprint density at radius 2 is 1.91 bits per heavy atom. The van der Waals surface area contributed by atoms with Gasteiger partial charge in [0.1, 0.15) is 17.3 Å². The second-order valence-electron chi connectivity index (χ2n) is 9.21. The maximum atomic E-state index is 12.1. The molecule has 0 amide bonds. The number of nitrogens with one attached hydrogen (secondary N) is 2. The van der Waals surface area contributed by atoms with E-state index in [4.69, 9.17) is 10.5 Å². The molecule has 2 aromatic rings. The predicted octanol–water partition coefficient (Wildman–Crippen LogP) is 2.60. The standard InChI is InChI=1S/C27H38N4O3/c1-19(32)25(27-4-3-13-30-27)16-21-6-9-24(10-7-21)34-15-12-22-5-8-23(31-17-22)18-29-14-11-26(28)20(2)33/h5-10,17,25-27,29-30H,3-4,11-16,18,28H2,1-2H3/t25-,26-,27?/m0/s1. The van der Waals surface area contributed by atoms with Crippen molar-refractivity contribution in [2.45, 2.75) is 64.6 Å². The highest BCUT2D eigenvalue weighted by molar-refractivity contribution is 5.81. The highest BCUT2D eigenvalue weighted by atomic mass is 16.5. The van der Waals surface area contributed by atoms with Crippen molar-refractivity contribution in [2.75, 3.05) is 19.7 Å². The van der Waals surface area contributed by atoms with E-state index < -0.39 is 6.04 Å². The number of nitrogens with zero attached hydrogens (tertiary/aromatic N) is 1. The number of ether oxygens (including phenoxy) is 1. The van der Waals surface area contributed by atoms with E-state index in [1.807, 2.05) is 24.4 Å². The van der Waals surface area contributed by atoms with Gasteiger partial charge in [0.25, 0.3) is 0 Å². The van der Waals surface area contributed by atoms with Crippen LogP contribution in [-0.4, -0.2) is 48.3 Å². The summed E-state index contributed by atoms with van der Waals surface area (Å²) in [4.78, 5) is 27.8. The van der Waals surface area contributed by atoms with Crippen LogP contribution in [0.2, 0.25) is 0 Å². The molecular formula is C27H38N4O3. The third-order valence-electron chi connectivity index (χ3n) is 6.49. The number of Topliss-reactive ketones (excluding diaryl/α,β-unsaturated/α-hetero) is 2. The van der Waals surface area contributed by atoms with E-state index in [2.05, 4.69) is 33.8 Å². The van der Waals surface area contributed by atoms with Crippen molar-refractivity contribution in [3.8, 4) is 5.75 Å². The number of ketones is 2. The zero-order valence-corrected chi connectivity index (χ0v) is 20.4. The molecule has 1 aromatic heterocycles. The summed E-state index contributed by atoms with van der Waals surface area (Å²) in [7, 11) is 0. The SMILES string of the molecule is CC(=O)[C@@H](N)CCNCc1ccc(CCOc2ccc(C[C@@H](C(C)=O)C3CCCN3)cc2)cn1. The number of carbonyl (C=O) groups excluding carboxylic acids is 2. The van der Waals surface area contributed by atoms with Crippen LogP contribution in [0.4, 0.5) is 0 Å². The topological polar surface area (TPSA) is 106 Å². The Kier molecular flexibility index (Phi) is 10.2. The smallest absolute Gasteiger partial charge is 0.146 e. The number of carbonyl (C=O) groups is 2. The van der Waals surface area contributed by atoms with E-state index in [0.29, 0.717) is 32.2 Å². The fourth-order valence-corrected chi connectivity index (χ4v) is 4.27. The third-order valence-corrected chi connectivity index (χ3v) is 6.49. The van der Waals surface area contributed by atoms with Gasteiger partial charge in [-0.15, -0.1) is 0 Å². The molecule has 7 nitrogen and oxygen atoms in total. The highest BCUT2D eigenvalue weighted by Crippen LogP contribution is 2.22. The van der Waals surface area contributed by atoms with Crippen molar-refractivity contribution in [2.24, 2.45) is 11.7 Å². The quantitative estimate of drug-likeness (QED) is 0.368. The van der Waals surface area contributed by atoms with Crippen molar-refractivity contribution < 1.29 is 14.3 Å². The number of aromatic nitrogens is 1. The summed E-state index contributed by atoms with van der Waals surface area (Å²) >= 11 is 0. The molecule has 1 unspecified atom stereocenters. The van der Waals surface area contributed by atoms with Gasteiger partial charge in [0, 0.05) is 31.1 Å². The van der Waals surface area contributed by atoms with Crippen molar-refractivity contribution in [1.82, 2.24) is 15.6 Å². The van der Waals surface area contributed by atoms with Gasteiger partial charge < -0.3 is 21.1 Å². The average Bonchev–Trinajstić information content (AvgIpc) is 3.36. The Labute approximate surface area is 202 Å². The Hall–Kier alpha value is -2.61. The summed E-state index contributed by atoms with van der Waals surface area (Å²) in [6.07, 6.45) is 6.27. The molecule has 1 aliphatic rings. The lowest BCUT2D eigenvalue weighted by molar-refractivity contribution is -0.121. The molecule has 7 heteroatoms. The minimum absolute atomic E-state index is 0.0148. The molecule has 184 valence electrons. The van der Waals surface area contributed by atoms with Crippen molar-refractivity contribution >= 4 is 11.6 Å². The lowest BCUT2D eigenvalue weighted by Crippen LogP contribution is -2.36. The van der Waals surface area contributed by atoms with Gasteiger partial charge >= 0.3 is 0 Å². The number of nitrogens with two attached hydrogens (primary N) is 1. The monoisotopic (exact) mass is 466 g/mol. The predicted molar refractivity (Wildman–Crippen MR) is 134 cm³/mol. The summed E-state index contributed by atoms with van der Waals surface area (Å²) < 4.78 is 5.91. The van der Waals surface area contributed by atoms with Crippen molar-refractivity contribution in [3.63, 3.8) is 0 Å². The summed E-state index contributed by atoms with van der Waals surface area (Å²) in [6, 6.07) is 12.1. The lowest BCUT2D eigenvalue weighted by Gasteiger charge is -2.21. The number of benzene rings is 1. The van der Waals surface area contributed by atoms with Gasteiger partial charge in [-0.2, -0.15) is 0 Å². The number of pyridine rings is 1. The molecule has 1 fully saturated rings. The van der Waals surface area contributed by atoms with Crippen molar-refractivity contribution in [1.29, 1.82) is 0 Å². The van der Waals surface area contributed by atoms with Crippen LogP contribution in [0.1, 0.15) is 49.9 Å². The zero-order valence-electron chi connectivity index (χ0n) is 20.4. The van der Waals surface area contributed by atoms with Crippen LogP contribution >= 0.6 is 0 Å². The van der Waals surface area contributed by atoms with Gasteiger partial charge in [-0.1, -0.05) is 18.2 Å². The molecule has 1 aromatic carbocycles. The first kappa shape index (κ1) is 26.0. The van der Waals surface area contributed by atoms with Gasteiger partial charge in [-0.05, 0) is 81.9 Å². The molecule has 1 aliphatic heterocycles. The Bertz CT molecular complexity index is 908. The number of rotatable bonds is 14. The molecule has 1 saturated heterocycles. The van der Waals surface area contributed by atoms with E-state index >= 15 is 0 Å². The van der Waals surface area contributed by atoms with E-state index in [1.54, 1.807) is 6.92 Å². The first-order chi connectivity index (χ1) is 16.4. The Balaban J connectivity index is 1.38. The summed E-state index contributed by atoms with van der Waals surface area (Å²) in [5.41, 5.74) is 8.97. The van der Waals surface area contributed by atoms with E-state index in [1.165, 1.54) is 6.92 Å². The molecule has 0 radical (unpaired) electrons. The molecule has 34 heavy (non-hydrogen) atoms. The summed E-state index contributed by atoms with van der Waals surface area (Å²) in [5.74, 6) is 1.14. The van der Waals surface area contributed by atoms with Crippen LogP contribution in [0.3, 0.4) is 0 Å². The normalized spacial score (nSPS) is 17.3. The van der Waals surface area contributed by atoms with Crippen LogP contribution in [0.15, 0.2) is 42.6 Å². The maximum Gasteiger partial charge on any atom is 0.146 e. The highest BCUT2D eigenvalue weighted by Gasteiger charge is 2.28. The van der Waals surface area contributed by atoms with E-state index in [0.717, 1.165) is 54.8 Å².